The van der Waals surface area contributed by atoms with Crippen molar-refractivity contribution in [1.82, 2.24) is 4.72 Å². The van der Waals surface area contributed by atoms with Crippen LogP contribution in [0.3, 0.4) is 0 Å². The molecule has 0 saturated carbocycles. The Balaban J connectivity index is 3.23. The number of sulfonamides is 1. The molecule has 2 unspecified atom stereocenters. The molecular formula is C13H20BrNO2S. The second-order valence-electron chi connectivity index (χ2n) is 4.25. The molecule has 1 aromatic rings. The number of benzene rings is 1. The van der Waals surface area contributed by atoms with Gasteiger partial charge in [-0.25, -0.2) is 13.1 Å². The van der Waals surface area contributed by atoms with Crippen LogP contribution in [-0.2, 0) is 10.0 Å². The minimum atomic E-state index is -3.40. The van der Waals surface area contributed by atoms with Gasteiger partial charge in [0.05, 0.1) is 4.90 Å². The first-order valence-electron chi connectivity index (χ1n) is 6.16. The van der Waals surface area contributed by atoms with Gasteiger partial charge >= 0.3 is 0 Å². The average molecular weight is 334 g/mol. The van der Waals surface area contributed by atoms with E-state index in [2.05, 4.69) is 27.6 Å². The van der Waals surface area contributed by atoms with E-state index in [-0.39, 0.29) is 10.7 Å². The van der Waals surface area contributed by atoms with Gasteiger partial charge in [-0.2, -0.15) is 0 Å². The van der Waals surface area contributed by atoms with Gasteiger partial charge in [0, 0.05) is 11.4 Å². The van der Waals surface area contributed by atoms with Crippen LogP contribution in [0.4, 0.5) is 0 Å². The van der Waals surface area contributed by atoms with E-state index < -0.39 is 10.0 Å². The first-order chi connectivity index (χ1) is 8.44. The zero-order chi connectivity index (χ0) is 13.8. The summed E-state index contributed by atoms with van der Waals surface area (Å²) in [7, 11) is -3.40. The highest BCUT2D eigenvalue weighted by molar-refractivity contribution is 9.09. The van der Waals surface area contributed by atoms with E-state index in [1.165, 1.54) is 0 Å². The van der Waals surface area contributed by atoms with Gasteiger partial charge in [0.1, 0.15) is 0 Å². The molecular weight excluding hydrogens is 314 g/mol. The fourth-order valence-corrected chi connectivity index (χ4v) is 3.56. The fourth-order valence-electron chi connectivity index (χ4n) is 1.92. The lowest BCUT2D eigenvalue weighted by Crippen LogP contribution is -2.25. The van der Waals surface area contributed by atoms with Crippen LogP contribution in [0.5, 0.6) is 0 Å². The summed E-state index contributed by atoms with van der Waals surface area (Å²) < 4.78 is 26.8. The molecule has 1 N–H and O–H groups in total. The van der Waals surface area contributed by atoms with Gasteiger partial charge in [0.15, 0.2) is 0 Å². The van der Waals surface area contributed by atoms with Gasteiger partial charge in [-0.1, -0.05) is 54.9 Å². The summed E-state index contributed by atoms with van der Waals surface area (Å²) in [5.74, 6) is 0.152. The zero-order valence-corrected chi connectivity index (χ0v) is 13.4. The van der Waals surface area contributed by atoms with E-state index in [0.29, 0.717) is 11.4 Å². The summed E-state index contributed by atoms with van der Waals surface area (Å²) in [6, 6.07) is 7.19. The molecule has 1 rings (SSSR count). The van der Waals surface area contributed by atoms with Crippen LogP contribution >= 0.6 is 15.9 Å². The number of nitrogens with one attached hydrogen (secondary N) is 1. The standard InChI is InChI=1S/C13H20BrNO2S/c1-4-12(14)10(3)11-8-6-7-9-13(11)18(16,17)15-5-2/h6-10,12,15H,4-5H2,1-3H3. The van der Waals surface area contributed by atoms with Gasteiger partial charge in [0.25, 0.3) is 0 Å². The van der Waals surface area contributed by atoms with E-state index in [1.54, 1.807) is 19.1 Å². The quantitative estimate of drug-likeness (QED) is 0.812. The molecule has 0 fully saturated rings. The van der Waals surface area contributed by atoms with Crippen molar-refractivity contribution in [1.29, 1.82) is 0 Å². The van der Waals surface area contributed by atoms with Gasteiger partial charge < -0.3 is 0 Å². The Bertz CT molecular complexity index is 488. The Morgan fingerprint density at radius 2 is 1.89 bits per heavy atom. The summed E-state index contributed by atoms with van der Waals surface area (Å²) in [5, 5.41) is 0. The molecule has 18 heavy (non-hydrogen) atoms. The summed E-state index contributed by atoms with van der Waals surface area (Å²) in [5.41, 5.74) is 0.863. The van der Waals surface area contributed by atoms with Crippen molar-refractivity contribution in [2.75, 3.05) is 6.54 Å². The topological polar surface area (TPSA) is 46.2 Å². The predicted molar refractivity (Wildman–Crippen MR) is 78.7 cm³/mol. The molecule has 0 aromatic heterocycles. The first kappa shape index (κ1) is 15.7. The van der Waals surface area contributed by atoms with Crippen molar-refractivity contribution < 1.29 is 8.42 Å². The van der Waals surface area contributed by atoms with Crippen molar-refractivity contribution in [3.63, 3.8) is 0 Å². The van der Waals surface area contributed by atoms with Crippen LogP contribution in [-0.4, -0.2) is 19.8 Å². The maximum Gasteiger partial charge on any atom is 0.240 e. The van der Waals surface area contributed by atoms with Crippen LogP contribution in [0, 0.1) is 0 Å². The monoisotopic (exact) mass is 333 g/mol. The lowest BCUT2D eigenvalue weighted by atomic mass is 9.96. The lowest BCUT2D eigenvalue weighted by molar-refractivity contribution is 0.579. The van der Waals surface area contributed by atoms with Gasteiger partial charge in [0.2, 0.25) is 10.0 Å². The number of alkyl halides is 1. The maximum atomic E-state index is 12.1. The average Bonchev–Trinajstić information content (AvgIpc) is 2.37. The Hall–Kier alpha value is -0.390. The van der Waals surface area contributed by atoms with Gasteiger partial charge in [-0.15, -0.1) is 0 Å². The number of halogens is 1. The molecule has 0 saturated heterocycles. The molecule has 5 heteroatoms. The van der Waals surface area contributed by atoms with Crippen LogP contribution < -0.4 is 4.72 Å². The van der Waals surface area contributed by atoms with Crippen molar-refractivity contribution in [2.45, 2.75) is 42.8 Å². The van der Waals surface area contributed by atoms with Gasteiger partial charge in [-0.05, 0) is 24.0 Å². The minimum Gasteiger partial charge on any atom is -0.211 e. The molecule has 0 aliphatic rings. The molecule has 0 amide bonds. The van der Waals surface area contributed by atoms with E-state index >= 15 is 0 Å². The smallest absolute Gasteiger partial charge is 0.211 e. The largest absolute Gasteiger partial charge is 0.240 e. The number of hydrogen-bond donors (Lipinski definition) is 1. The summed E-state index contributed by atoms with van der Waals surface area (Å²) in [4.78, 5) is 0.660. The van der Waals surface area contributed by atoms with Crippen LogP contribution in [0.15, 0.2) is 29.2 Å². The first-order valence-corrected chi connectivity index (χ1v) is 8.56. The maximum absolute atomic E-state index is 12.1. The molecule has 1 aromatic carbocycles. The lowest BCUT2D eigenvalue weighted by Gasteiger charge is -2.20. The molecule has 0 spiro atoms. The van der Waals surface area contributed by atoms with Crippen molar-refractivity contribution in [2.24, 2.45) is 0 Å². The third-order valence-electron chi connectivity index (χ3n) is 2.97. The van der Waals surface area contributed by atoms with Crippen LogP contribution in [0.2, 0.25) is 0 Å². The second kappa shape index (κ2) is 6.68. The highest BCUT2D eigenvalue weighted by Crippen LogP contribution is 2.31. The summed E-state index contributed by atoms with van der Waals surface area (Å²) in [6.45, 7) is 6.31. The SMILES string of the molecule is CCNS(=O)(=O)c1ccccc1C(C)C(Br)CC. The molecule has 3 nitrogen and oxygen atoms in total. The third kappa shape index (κ3) is 3.56. The fraction of sp³-hybridized carbons (Fsp3) is 0.538. The minimum absolute atomic E-state index is 0.152. The Morgan fingerprint density at radius 3 is 2.44 bits per heavy atom. The molecule has 102 valence electrons. The van der Waals surface area contributed by atoms with E-state index in [9.17, 15) is 8.42 Å². The zero-order valence-electron chi connectivity index (χ0n) is 11.0. The predicted octanol–water partition coefficient (Wildman–Crippen LogP) is 3.26. The normalized spacial score (nSPS) is 15.3. The Labute approximate surface area is 118 Å². The van der Waals surface area contributed by atoms with Crippen molar-refractivity contribution >= 4 is 26.0 Å². The van der Waals surface area contributed by atoms with E-state index in [1.807, 2.05) is 19.1 Å². The van der Waals surface area contributed by atoms with E-state index in [4.69, 9.17) is 0 Å². The van der Waals surface area contributed by atoms with Crippen molar-refractivity contribution in [3.05, 3.63) is 29.8 Å². The highest BCUT2D eigenvalue weighted by Gasteiger charge is 2.23. The molecule has 0 aliphatic carbocycles. The number of hydrogen-bond acceptors (Lipinski definition) is 2. The Morgan fingerprint density at radius 1 is 1.28 bits per heavy atom. The second-order valence-corrected chi connectivity index (χ2v) is 7.16. The Kier molecular flexibility index (Phi) is 5.82. The highest BCUT2D eigenvalue weighted by atomic mass is 79.9. The molecule has 0 heterocycles. The third-order valence-corrected chi connectivity index (χ3v) is 6.03. The van der Waals surface area contributed by atoms with Crippen molar-refractivity contribution in [3.8, 4) is 0 Å². The summed E-state index contributed by atoms with van der Waals surface area (Å²) >= 11 is 3.60. The molecule has 0 radical (unpaired) electrons. The molecule has 0 aliphatic heterocycles. The molecule has 2 atom stereocenters. The molecule has 0 bridgehead atoms. The van der Waals surface area contributed by atoms with Crippen LogP contribution in [0.25, 0.3) is 0 Å². The van der Waals surface area contributed by atoms with Gasteiger partial charge in [-0.3, -0.25) is 0 Å². The number of rotatable bonds is 6. The van der Waals surface area contributed by atoms with Crippen LogP contribution in [0.1, 0.15) is 38.7 Å². The summed E-state index contributed by atoms with van der Waals surface area (Å²) in [6.07, 6.45) is 0.955. The van der Waals surface area contributed by atoms with E-state index in [0.717, 1.165) is 12.0 Å².